The number of nitrogens with one attached hydrogen (secondary N) is 1. The summed E-state index contributed by atoms with van der Waals surface area (Å²) in [5, 5.41) is 5.91. The first kappa shape index (κ1) is 10.5. The molecule has 17 heavy (non-hydrogen) atoms. The largest absolute Gasteiger partial charge is 0.369 e. The molecule has 1 fully saturated rings. The van der Waals surface area contributed by atoms with Crippen molar-refractivity contribution < 1.29 is 0 Å². The van der Waals surface area contributed by atoms with Gasteiger partial charge in [-0.15, -0.1) is 0 Å². The number of fused-ring (bicyclic) bond motifs is 1. The minimum atomic E-state index is 0.586. The van der Waals surface area contributed by atoms with Crippen LogP contribution in [0.3, 0.4) is 0 Å². The minimum absolute atomic E-state index is 0.586. The highest BCUT2D eigenvalue weighted by Gasteiger charge is 2.20. The van der Waals surface area contributed by atoms with Gasteiger partial charge in [0.15, 0.2) is 0 Å². The molecule has 0 spiro atoms. The monoisotopic (exact) mass is 227 g/mol. The normalized spacial score (nSPS) is 19.7. The summed E-state index contributed by atoms with van der Waals surface area (Å²) >= 11 is 0. The maximum absolute atomic E-state index is 4.34. The molecule has 1 atom stereocenters. The number of rotatable bonds is 2. The van der Waals surface area contributed by atoms with Gasteiger partial charge in [-0.3, -0.25) is 4.98 Å². The molecule has 0 aliphatic carbocycles. The fourth-order valence-corrected chi connectivity index (χ4v) is 2.55. The van der Waals surface area contributed by atoms with Gasteiger partial charge >= 0.3 is 0 Å². The predicted molar refractivity (Wildman–Crippen MR) is 71.4 cm³/mol. The number of anilines is 1. The van der Waals surface area contributed by atoms with E-state index in [1.54, 1.807) is 0 Å². The van der Waals surface area contributed by atoms with Crippen LogP contribution in [0.4, 0.5) is 5.69 Å². The van der Waals surface area contributed by atoms with E-state index in [1.165, 1.54) is 22.9 Å². The summed E-state index contributed by atoms with van der Waals surface area (Å²) in [6.07, 6.45) is 5.11. The molecule has 1 N–H and O–H groups in total. The molecule has 0 amide bonds. The molecule has 3 rings (SSSR count). The van der Waals surface area contributed by atoms with E-state index in [9.17, 15) is 0 Å². The van der Waals surface area contributed by atoms with E-state index in [0.29, 0.717) is 6.04 Å². The van der Waals surface area contributed by atoms with Crippen molar-refractivity contribution in [3.05, 3.63) is 36.7 Å². The van der Waals surface area contributed by atoms with E-state index < -0.39 is 0 Å². The van der Waals surface area contributed by atoms with Crippen molar-refractivity contribution >= 4 is 16.5 Å². The molecular weight excluding hydrogens is 210 g/mol. The van der Waals surface area contributed by atoms with E-state index >= 15 is 0 Å². The lowest BCUT2D eigenvalue weighted by molar-refractivity contribution is 0.686. The standard InChI is InChI=1S/C14H17N3/c1-17(12-6-7-15-9-12)14-10-16-8-11-4-2-3-5-13(11)14/h2-5,8,10,12,15H,6-7,9H2,1H3/t12-/m0/s1. The highest BCUT2D eigenvalue weighted by Crippen LogP contribution is 2.26. The Hall–Kier alpha value is -1.61. The number of hydrogen-bond donors (Lipinski definition) is 1. The highest BCUT2D eigenvalue weighted by molar-refractivity contribution is 5.93. The van der Waals surface area contributed by atoms with Crippen LogP contribution in [0, 0.1) is 0 Å². The van der Waals surface area contributed by atoms with Gasteiger partial charge in [0.25, 0.3) is 0 Å². The van der Waals surface area contributed by atoms with Gasteiger partial charge in [0.1, 0.15) is 0 Å². The Balaban J connectivity index is 2.04. The molecule has 3 nitrogen and oxygen atoms in total. The number of aromatic nitrogens is 1. The van der Waals surface area contributed by atoms with Crippen LogP contribution in [0.15, 0.2) is 36.7 Å². The Morgan fingerprint density at radius 1 is 1.29 bits per heavy atom. The van der Waals surface area contributed by atoms with Crippen molar-refractivity contribution in [3.63, 3.8) is 0 Å². The topological polar surface area (TPSA) is 28.2 Å². The average molecular weight is 227 g/mol. The molecule has 0 saturated carbocycles. The van der Waals surface area contributed by atoms with Crippen LogP contribution in [0.2, 0.25) is 0 Å². The summed E-state index contributed by atoms with van der Waals surface area (Å²) in [4.78, 5) is 6.70. The van der Waals surface area contributed by atoms with Crippen LogP contribution < -0.4 is 10.2 Å². The van der Waals surface area contributed by atoms with Gasteiger partial charge in [0.05, 0.1) is 11.9 Å². The second-order valence-corrected chi connectivity index (χ2v) is 4.64. The molecule has 88 valence electrons. The van der Waals surface area contributed by atoms with Crippen molar-refractivity contribution in [2.24, 2.45) is 0 Å². The van der Waals surface area contributed by atoms with E-state index in [4.69, 9.17) is 0 Å². The fourth-order valence-electron chi connectivity index (χ4n) is 2.55. The lowest BCUT2D eigenvalue weighted by Crippen LogP contribution is -2.33. The summed E-state index contributed by atoms with van der Waals surface area (Å²) in [5.41, 5.74) is 1.23. The number of likely N-dealkylation sites (N-methyl/N-ethyl adjacent to an activating group) is 1. The predicted octanol–water partition coefficient (Wildman–Crippen LogP) is 2.03. The zero-order valence-electron chi connectivity index (χ0n) is 10.1. The number of pyridine rings is 1. The van der Waals surface area contributed by atoms with Gasteiger partial charge in [0, 0.05) is 36.6 Å². The second-order valence-electron chi connectivity index (χ2n) is 4.64. The van der Waals surface area contributed by atoms with E-state index in [-0.39, 0.29) is 0 Å². The molecule has 1 aromatic carbocycles. The zero-order valence-corrected chi connectivity index (χ0v) is 10.1. The Labute approximate surface area is 101 Å². The Morgan fingerprint density at radius 2 is 2.18 bits per heavy atom. The Bertz CT molecular complexity index is 512. The lowest BCUT2D eigenvalue weighted by Gasteiger charge is -2.26. The van der Waals surface area contributed by atoms with Crippen LogP contribution in [0.5, 0.6) is 0 Å². The van der Waals surface area contributed by atoms with Crippen LogP contribution in [0.1, 0.15) is 6.42 Å². The number of hydrogen-bond acceptors (Lipinski definition) is 3. The Kier molecular flexibility index (Phi) is 2.69. The molecule has 0 unspecified atom stereocenters. The minimum Gasteiger partial charge on any atom is -0.369 e. The average Bonchev–Trinajstić information content (AvgIpc) is 2.91. The van der Waals surface area contributed by atoms with Crippen molar-refractivity contribution in [1.29, 1.82) is 0 Å². The van der Waals surface area contributed by atoms with E-state index in [1.807, 2.05) is 12.4 Å². The maximum atomic E-state index is 4.34. The molecule has 1 saturated heterocycles. The molecule has 2 heterocycles. The van der Waals surface area contributed by atoms with E-state index in [0.717, 1.165) is 13.1 Å². The fraction of sp³-hybridized carbons (Fsp3) is 0.357. The summed E-state index contributed by atoms with van der Waals surface area (Å²) in [6, 6.07) is 9.03. The molecule has 3 heteroatoms. The van der Waals surface area contributed by atoms with Crippen molar-refractivity contribution in [2.45, 2.75) is 12.5 Å². The van der Waals surface area contributed by atoms with Gasteiger partial charge in [-0.05, 0) is 13.0 Å². The zero-order chi connectivity index (χ0) is 11.7. The number of benzene rings is 1. The second kappa shape index (κ2) is 4.34. The van der Waals surface area contributed by atoms with Crippen molar-refractivity contribution in [3.8, 4) is 0 Å². The van der Waals surface area contributed by atoms with E-state index in [2.05, 4.69) is 46.5 Å². The van der Waals surface area contributed by atoms with Crippen LogP contribution in [-0.2, 0) is 0 Å². The molecule has 1 aliphatic rings. The SMILES string of the molecule is CN(c1cncc2ccccc12)[C@H]1CCNC1. The molecule has 0 radical (unpaired) electrons. The summed E-state index contributed by atoms with van der Waals surface area (Å²) in [7, 11) is 2.17. The van der Waals surface area contributed by atoms with Gasteiger partial charge in [-0.1, -0.05) is 24.3 Å². The summed E-state index contributed by atoms with van der Waals surface area (Å²) < 4.78 is 0. The summed E-state index contributed by atoms with van der Waals surface area (Å²) in [6.45, 7) is 2.19. The van der Waals surface area contributed by atoms with Gasteiger partial charge in [-0.2, -0.15) is 0 Å². The molecule has 0 bridgehead atoms. The lowest BCUT2D eigenvalue weighted by atomic mass is 10.1. The van der Waals surface area contributed by atoms with Gasteiger partial charge < -0.3 is 10.2 Å². The third-order valence-corrected chi connectivity index (χ3v) is 3.61. The first-order valence-corrected chi connectivity index (χ1v) is 6.12. The molecule has 1 aromatic heterocycles. The smallest absolute Gasteiger partial charge is 0.0632 e. The quantitative estimate of drug-likeness (QED) is 0.851. The van der Waals surface area contributed by atoms with Gasteiger partial charge in [0.2, 0.25) is 0 Å². The highest BCUT2D eigenvalue weighted by atomic mass is 15.2. The third kappa shape index (κ3) is 1.87. The maximum Gasteiger partial charge on any atom is 0.0632 e. The number of nitrogens with zero attached hydrogens (tertiary/aromatic N) is 2. The molecule has 2 aromatic rings. The van der Waals surface area contributed by atoms with Crippen LogP contribution in [-0.4, -0.2) is 31.2 Å². The first-order valence-electron chi connectivity index (χ1n) is 6.12. The Morgan fingerprint density at radius 3 is 3.00 bits per heavy atom. The van der Waals surface area contributed by atoms with Crippen molar-refractivity contribution in [2.75, 3.05) is 25.0 Å². The summed E-state index contributed by atoms with van der Waals surface area (Å²) in [5.74, 6) is 0. The first-order chi connectivity index (χ1) is 8.36. The molecule has 1 aliphatic heterocycles. The molecular formula is C14H17N3. The third-order valence-electron chi connectivity index (χ3n) is 3.61. The van der Waals surface area contributed by atoms with Crippen LogP contribution >= 0.6 is 0 Å². The van der Waals surface area contributed by atoms with Crippen molar-refractivity contribution in [1.82, 2.24) is 10.3 Å². The van der Waals surface area contributed by atoms with Gasteiger partial charge in [-0.25, -0.2) is 0 Å². The van der Waals surface area contributed by atoms with Crippen LogP contribution in [0.25, 0.3) is 10.8 Å².